The average Bonchev–Trinajstić information content (AvgIpc) is 3.22. The number of ether oxygens (including phenoxy) is 2. The molecule has 1 N–H and O–H groups in total. The Balaban J connectivity index is 1.38. The van der Waals surface area contributed by atoms with Crippen LogP contribution in [0, 0.1) is 0 Å². The molecular weight excluding hydrogens is 354 g/mol. The van der Waals surface area contributed by atoms with Crippen molar-refractivity contribution < 1.29 is 14.3 Å². The monoisotopic (exact) mass is 373 g/mol. The van der Waals surface area contributed by atoms with Gasteiger partial charge in [0.15, 0.2) is 17.3 Å². The van der Waals surface area contributed by atoms with Crippen LogP contribution in [0.3, 0.4) is 0 Å². The van der Waals surface area contributed by atoms with Crippen molar-refractivity contribution in [3.8, 4) is 22.9 Å². The van der Waals surface area contributed by atoms with Gasteiger partial charge >= 0.3 is 0 Å². The first-order valence-electron chi connectivity index (χ1n) is 9.40. The van der Waals surface area contributed by atoms with Gasteiger partial charge in [-0.3, -0.25) is 4.79 Å². The maximum atomic E-state index is 12.8. The van der Waals surface area contributed by atoms with E-state index < -0.39 is 0 Å². The number of aromatic nitrogens is 2. The number of nitrogens with zero attached hydrogens (tertiary/aromatic N) is 2. The zero-order valence-corrected chi connectivity index (χ0v) is 15.2. The van der Waals surface area contributed by atoms with Gasteiger partial charge in [0.05, 0.1) is 6.04 Å². The highest BCUT2D eigenvalue weighted by Gasteiger charge is 2.25. The fourth-order valence-corrected chi connectivity index (χ4v) is 3.70. The standard InChI is InChI=1S/C22H19N3O3/c26-22(15-9-10-19-20(11-15)28-13-27-19)25-18-8-4-7-17-16(18)12-23-21(24-17)14-5-2-1-3-6-14/h1-3,5-6,9-12,18H,4,7-8,13H2,(H,25,26). The fraction of sp³-hybridized carbons (Fsp3) is 0.227. The molecule has 3 aromatic rings. The highest BCUT2D eigenvalue weighted by atomic mass is 16.7. The third-order valence-corrected chi connectivity index (χ3v) is 5.15. The van der Waals surface area contributed by atoms with Crippen LogP contribution >= 0.6 is 0 Å². The number of benzene rings is 2. The number of hydrogen-bond donors (Lipinski definition) is 1. The first-order chi connectivity index (χ1) is 13.8. The van der Waals surface area contributed by atoms with Crippen LogP contribution in [0.5, 0.6) is 11.5 Å². The number of nitrogens with one attached hydrogen (secondary N) is 1. The highest BCUT2D eigenvalue weighted by molar-refractivity contribution is 5.95. The summed E-state index contributed by atoms with van der Waals surface area (Å²) in [5.74, 6) is 1.86. The van der Waals surface area contributed by atoms with Crippen molar-refractivity contribution in [1.29, 1.82) is 0 Å². The second-order valence-corrected chi connectivity index (χ2v) is 6.95. The topological polar surface area (TPSA) is 73.3 Å². The van der Waals surface area contributed by atoms with Gasteiger partial charge in [0.2, 0.25) is 6.79 Å². The predicted molar refractivity (Wildman–Crippen MR) is 103 cm³/mol. The molecule has 2 heterocycles. The number of aryl methyl sites for hydroxylation is 1. The summed E-state index contributed by atoms with van der Waals surface area (Å²) in [6, 6.07) is 15.1. The van der Waals surface area contributed by atoms with Crippen molar-refractivity contribution in [3.63, 3.8) is 0 Å². The van der Waals surface area contributed by atoms with Crippen molar-refractivity contribution in [1.82, 2.24) is 15.3 Å². The second kappa shape index (κ2) is 6.96. The minimum Gasteiger partial charge on any atom is -0.454 e. The van der Waals surface area contributed by atoms with Gasteiger partial charge in [-0.1, -0.05) is 30.3 Å². The Labute approximate surface area is 162 Å². The zero-order valence-electron chi connectivity index (χ0n) is 15.2. The van der Waals surface area contributed by atoms with E-state index in [1.54, 1.807) is 18.2 Å². The molecule has 1 aliphatic carbocycles. The van der Waals surface area contributed by atoms with Gasteiger partial charge in [0, 0.05) is 28.6 Å². The van der Waals surface area contributed by atoms with E-state index in [4.69, 9.17) is 14.5 Å². The normalized spacial score (nSPS) is 17.1. The van der Waals surface area contributed by atoms with E-state index in [2.05, 4.69) is 10.3 Å². The second-order valence-electron chi connectivity index (χ2n) is 6.95. The lowest BCUT2D eigenvalue weighted by atomic mass is 9.92. The SMILES string of the molecule is O=C(NC1CCCc2nc(-c3ccccc3)ncc21)c1ccc2c(c1)OCO2. The molecule has 0 spiro atoms. The summed E-state index contributed by atoms with van der Waals surface area (Å²) in [4.78, 5) is 22.1. The average molecular weight is 373 g/mol. The molecule has 0 fully saturated rings. The van der Waals surface area contributed by atoms with Crippen LogP contribution in [0.4, 0.5) is 0 Å². The van der Waals surface area contributed by atoms with Crippen LogP contribution in [0.25, 0.3) is 11.4 Å². The van der Waals surface area contributed by atoms with Crippen LogP contribution in [-0.4, -0.2) is 22.7 Å². The lowest BCUT2D eigenvalue weighted by molar-refractivity contribution is 0.0932. The molecule has 0 saturated heterocycles. The van der Waals surface area contributed by atoms with Crippen LogP contribution < -0.4 is 14.8 Å². The third-order valence-electron chi connectivity index (χ3n) is 5.15. The number of carbonyl (C=O) groups excluding carboxylic acids is 1. The van der Waals surface area contributed by atoms with Crippen molar-refractivity contribution in [3.05, 3.63) is 71.5 Å². The van der Waals surface area contributed by atoms with Gasteiger partial charge in [-0.05, 0) is 37.5 Å². The third kappa shape index (κ3) is 3.07. The van der Waals surface area contributed by atoms with Crippen molar-refractivity contribution in [2.24, 2.45) is 0 Å². The quantitative estimate of drug-likeness (QED) is 0.758. The number of fused-ring (bicyclic) bond motifs is 2. The molecule has 5 rings (SSSR count). The maximum absolute atomic E-state index is 12.8. The van der Waals surface area contributed by atoms with Crippen molar-refractivity contribution >= 4 is 5.91 Å². The van der Waals surface area contributed by atoms with E-state index in [9.17, 15) is 4.79 Å². The van der Waals surface area contributed by atoms with E-state index in [0.29, 0.717) is 17.1 Å². The number of carbonyl (C=O) groups is 1. The Hall–Kier alpha value is -3.41. The largest absolute Gasteiger partial charge is 0.454 e. The fourth-order valence-electron chi connectivity index (χ4n) is 3.70. The lowest BCUT2D eigenvalue weighted by Crippen LogP contribution is -2.31. The summed E-state index contributed by atoms with van der Waals surface area (Å²) in [7, 11) is 0. The summed E-state index contributed by atoms with van der Waals surface area (Å²) in [6.07, 6.45) is 4.60. The van der Waals surface area contributed by atoms with Crippen LogP contribution in [0.15, 0.2) is 54.7 Å². The Morgan fingerprint density at radius 3 is 2.82 bits per heavy atom. The minimum atomic E-state index is -0.136. The van der Waals surface area contributed by atoms with Crippen molar-refractivity contribution in [2.45, 2.75) is 25.3 Å². The van der Waals surface area contributed by atoms with Gasteiger partial charge in [-0.15, -0.1) is 0 Å². The van der Waals surface area contributed by atoms with E-state index in [0.717, 1.165) is 41.9 Å². The zero-order chi connectivity index (χ0) is 18.9. The molecule has 1 amide bonds. The van der Waals surface area contributed by atoms with Crippen LogP contribution in [0.2, 0.25) is 0 Å². The molecule has 28 heavy (non-hydrogen) atoms. The molecule has 2 aliphatic rings. The van der Waals surface area contributed by atoms with Gasteiger partial charge < -0.3 is 14.8 Å². The van der Waals surface area contributed by atoms with Crippen LogP contribution in [0.1, 0.15) is 40.5 Å². The summed E-state index contributed by atoms with van der Waals surface area (Å²) in [5.41, 5.74) is 3.56. The van der Waals surface area contributed by atoms with Gasteiger partial charge in [0.1, 0.15) is 0 Å². The number of amides is 1. The number of rotatable bonds is 3. The van der Waals surface area contributed by atoms with E-state index in [1.165, 1.54) is 0 Å². The molecule has 140 valence electrons. The Bertz CT molecular complexity index is 1040. The van der Waals surface area contributed by atoms with Crippen molar-refractivity contribution in [2.75, 3.05) is 6.79 Å². The Kier molecular flexibility index (Phi) is 4.16. The van der Waals surface area contributed by atoms with E-state index in [1.807, 2.05) is 36.5 Å². The summed E-state index contributed by atoms with van der Waals surface area (Å²) < 4.78 is 10.7. The molecule has 2 aromatic carbocycles. The molecular formula is C22H19N3O3. The maximum Gasteiger partial charge on any atom is 0.251 e. The first kappa shape index (κ1) is 16.7. The molecule has 1 atom stereocenters. The minimum absolute atomic E-state index is 0.0912. The first-order valence-corrected chi connectivity index (χ1v) is 9.40. The van der Waals surface area contributed by atoms with Gasteiger partial charge in [-0.2, -0.15) is 0 Å². The summed E-state index contributed by atoms with van der Waals surface area (Å²) in [6.45, 7) is 0.192. The smallest absolute Gasteiger partial charge is 0.251 e. The summed E-state index contributed by atoms with van der Waals surface area (Å²) in [5, 5.41) is 3.13. The molecule has 1 aromatic heterocycles. The predicted octanol–water partition coefficient (Wildman–Crippen LogP) is 3.68. The molecule has 0 saturated carbocycles. The molecule has 1 unspecified atom stereocenters. The molecule has 0 bridgehead atoms. The lowest BCUT2D eigenvalue weighted by Gasteiger charge is -2.25. The van der Waals surface area contributed by atoms with E-state index in [-0.39, 0.29) is 18.7 Å². The Morgan fingerprint density at radius 2 is 1.93 bits per heavy atom. The molecule has 0 radical (unpaired) electrons. The molecule has 6 heteroatoms. The summed E-state index contributed by atoms with van der Waals surface area (Å²) >= 11 is 0. The highest BCUT2D eigenvalue weighted by Crippen LogP contribution is 2.33. The molecule has 1 aliphatic heterocycles. The van der Waals surface area contributed by atoms with Gasteiger partial charge in [0.25, 0.3) is 5.91 Å². The Morgan fingerprint density at radius 1 is 1.07 bits per heavy atom. The van der Waals surface area contributed by atoms with Crippen LogP contribution in [-0.2, 0) is 6.42 Å². The van der Waals surface area contributed by atoms with E-state index >= 15 is 0 Å². The van der Waals surface area contributed by atoms with Gasteiger partial charge in [-0.25, -0.2) is 9.97 Å². The number of hydrogen-bond acceptors (Lipinski definition) is 5. The molecule has 6 nitrogen and oxygen atoms in total.